The van der Waals surface area contributed by atoms with E-state index in [4.69, 9.17) is 0 Å². The lowest BCUT2D eigenvalue weighted by molar-refractivity contribution is 0.146. The van der Waals surface area contributed by atoms with Gasteiger partial charge in [-0.1, -0.05) is 26.2 Å². The summed E-state index contributed by atoms with van der Waals surface area (Å²) in [5, 5.41) is 7.87. The van der Waals surface area contributed by atoms with Crippen LogP contribution in [0, 0.1) is 5.92 Å². The molecule has 0 saturated heterocycles. The third kappa shape index (κ3) is 3.82. The number of aromatic nitrogens is 3. The van der Waals surface area contributed by atoms with Gasteiger partial charge in [0.05, 0.1) is 6.04 Å². The Bertz CT molecular complexity index is 603. The number of fused-ring (bicyclic) bond motifs is 1. The second-order valence-electron chi connectivity index (χ2n) is 7.99. The lowest BCUT2D eigenvalue weighted by Crippen LogP contribution is -2.49. The molecule has 0 radical (unpaired) electrons. The summed E-state index contributed by atoms with van der Waals surface area (Å²) in [6.07, 6.45) is 11.6. The van der Waals surface area contributed by atoms with Gasteiger partial charge in [-0.05, 0) is 44.4 Å². The summed E-state index contributed by atoms with van der Waals surface area (Å²) < 4.78 is 2.00. The Morgan fingerprint density at radius 3 is 2.68 bits per heavy atom. The van der Waals surface area contributed by atoms with Crippen LogP contribution in [0.4, 0.5) is 4.79 Å². The topological polar surface area (TPSA) is 63.1 Å². The van der Waals surface area contributed by atoms with Crippen LogP contribution in [0.3, 0.4) is 0 Å². The third-order valence-corrected chi connectivity index (χ3v) is 5.96. The van der Waals surface area contributed by atoms with Crippen LogP contribution in [-0.2, 0) is 13.0 Å². The predicted molar refractivity (Wildman–Crippen MR) is 96.2 cm³/mol. The fraction of sp³-hybridized carbons (Fsp3) is 0.842. The first-order valence-corrected chi connectivity index (χ1v) is 10.3. The molecule has 6 nitrogen and oxygen atoms in total. The molecule has 2 saturated carbocycles. The molecule has 1 aromatic heterocycles. The van der Waals surface area contributed by atoms with E-state index < -0.39 is 0 Å². The molecule has 0 bridgehead atoms. The van der Waals surface area contributed by atoms with Crippen molar-refractivity contribution >= 4 is 6.03 Å². The highest BCUT2D eigenvalue weighted by Crippen LogP contribution is 2.33. The van der Waals surface area contributed by atoms with Crippen LogP contribution in [0.1, 0.15) is 82.4 Å². The lowest BCUT2D eigenvalue weighted by Gasteiger charge is -2.36. The molecule has 1 atom stereocenters. The van der Waals surface area contributed by atoms with Crippen molar-refractivity contribution in [2.45, 2.75) is 89.8 Å². The molecule has 1 aliphatic heterocycles. The average molecular weight is 345 g/mol. The number of rotatable bonds is 5. The van der Waals surface area contributed by atoms with E-state index in [2.05, 4.69) is 27.2 Å². The molecule has 1 N–H and O–H groups in total. The maximum absolute atomic E-state index is 13.1. The second kappa shape index (κ2) is 7.34. The van der Waals surface area contributed by atoms with Crippen LogP contribution in [0.25, 0.3) is 0 Å². The second-order valence-corrected chi connectivity index (χ2v) is 7.99. The van der Waals surface area contributed by atoms with Gasteiger partial charge in [0.15, 0.2) is 5.82 Å². The van der Waals surface area contributed by atoms with Gasteiger partial charge in [-0.15, -0.1) is 0 Å². The monoisotopic (exact) mass is 345 g/mol. The van der Waals surface area contributed by atoms with E-state index in [1.54, 1.807) is 0 Å². The Balaban J connectivity index is 1.46. The summed E-state index contributed by atoms with van der Waals surface area (Å²) in [6, 6.07) is 0.569. The van der Waals surface area contributed by atoms with Gasteiger partial charge >= 0.3 is 6.03 Å². The average Bonchev–Trinajstić information content (AvgIpc) is 3.36. The summed E-state index contributed by atoms with van der Waals surface area (Å²) in [4.78, 5) is 19.9. The van der Waals surface area contributed by atoms with Crippen molar-refractivity contribution in [2.24, 2.45) is 5.92 Å². The minimum Gasteiger partial charge on any atom is -0.328 e. The van der Waals surface area contributed by atoms with E-state index in [0.717, 1.165) is 49.9 Å². The first kappa shape index (κ1) is 16.9. The summed E-state index contributed by atoms with van der Waals surface area (Å²) in [6.45, 7) is 3.94. The van der Waals surface area contributed by atoms with E-state index in [1.165, 1.54) is 44.9 Å². The van der Waals surface area contributed by atoms with Gasteiger partial charge in [-0.3, -0.25) is 0 Å². The fourth-order valence-electron chi connectivity index (χ4n) is 4.29. The van der Waals surface area contributed by atoms with Gasteiger partial charge in [0, 0.05) is 25.6 Å². The zero-order valence-corrected chi connectivity index (χ0v) is 15.4. The molecular weight excluding hydrogens is 314 g/mol. The zero-order valence-electron chi connectivity index (χ0n) is 15.4. The highest BCUT2D eigenvalue weighted by atomic mass is 16.2. The summed E-state index contributed by atoms with van der Waals surface area (Å²) in [7, 11) is 0. The zero-order chi connectivity index (χ0) is 17.2. The maximum atomic E-state index is 13.1. The van der Waals surface area contributed by atoms with Crippen LogP contribution in [0.5, 0.6) is 0 Å². The van der Waals surface area contributed by atoms with Crippen LogP contribution in [0.15, 0.2) is 0 Å². The van der Waals surface area contributed by atoms with Gasteiger partial charge in [-0.25, -0.2) is 14.5 Å². The molecule has 4 rings (SSSR count). The number of nitrogens with zero attached hydrogens (tertiary/aromatic N) is 4. The molecule has 138 valence electrons. The van der Waals surface area contributed by atoms with Crippen LogP contribution < -0.4 is 5.32 Å². The van der Waals surface area contributed by atoms with Crippen molar-refractivity contribution in [2.75, 3.05) is 6.54 Å². The van der Waals surface area contributed by atoms with Gasteiger partial charge < -0.3 is 10.2 Å². The lowest BCUT2D eigenvalue weighted by atomic mass is 9.94. The fourth-order valence-corrected chi connectivity index (χ4v) is 4.29. The van der Waals surface area contributed by atoms with E-state index in [9.17, 15) is 4.79 Å². The summed E-state index contributed by atoms with van der Waals surface area (Å²) in [5.74, 6) is 2.57. The number of hydrogen-bond donors (Lipinski definition) is 1. The normalized spacial score (nSPS) is 24.0. The molecule has 25 heavy (non-hydrogen) atoms. The van der Waals surface area contributed by atoms with Crippen LogP contribution in [-0.4, -0.2) is 38.3 Å². The number of carbonyl (C=O) groups excluding carboxylic acids is 1. The molecule has 3 aliphatic rings. The predicted octanol–water partition coefficient (Wildman–Crippen LogP) is 3.43. The number of urea groups is 1. The Kier molecular flexibility index (Phi) is 4.95. The van der Waals surface area contributed by atoms with E-state index >= 15 is 0 Å². The van der Waals surface area contributed by atoms with Crippen molar-refractivity contribution in [3.63, 3.8) is 0 Å². The van der Waals surface area contributed by atoms with Gasteiger partial charge in [0.2, 0.25) is 0 Å². The Labute approximate surface area is 150 Å². The number of nitrogens with one attached hydrogen (secondary N) is 1. The van der Waals surface area contributed by atoms with Crippen LogP contribution in [0.2, 0.25) is 0 Å². The molecule has 2 fully saturated rings. The minimum atomic E-state index is 0.0133. The van der Waals surface area contributed by atoms with Crippen molar-refractivity contribution in [3.05, 3.63) is 11.6 Å². The summed E-state index contributed by atoms with van der Waals surface area (Å²) in [5.41, 5.74) is 0. The molecule has 2 heterocycles. The Hall–Kier alpha value is -1.59. The molecule has 2 aliphatic carbocycles. The SMILES string of the molecule is CCc1nc2n(n1)CCC[C@@H]2NC(=O)N(CC1CC1)C1CCCCC1. The minimum absolute atomic E-state index is 0.0133. The quantitative estimate of drug-likeness (QED) is 0.889. The van der Waals surface area contributed by atoms with E-state index in [0.29, 0.717) is 6.04 Å². The largest absolute Gasteiger partial charge is 0.328 e. The molecular formula is C19H31N5O. The standard InChI is InChI=1S/C19H31N5O/c1-2-17-21-18-16(9-6-12-24(18)22-17)20-19(25)23(13-14-10-11-14)15-7-4-3-5-8-15/h14-16H,2-13H2,1H3,(H,20,25)/t16-/m0/s1. The first-order valence-electron chi connectivity index (χ1n) is 10.3. The highest BCUT2D eigenvalue weighted by molar-refractivity contribution is 5.75. The van der Waals surface area contributed by atoms with Crippen molar-refractivity contribution in [1.82, 2.24) is 25.0 Å². The van der Waals surface area contributed by atoms with Crippen LogP contribution >= 0.6 is 0 Å². The Morgan fingerprint density at radius 1 is 1.16 bits per heavy atom. The summed E-state index contributed by atoms with van der Waals surface area (Å²) >= 11 is 0. The third-order valence-electron chi connectivity index (χ3n) is 5.96. The number of carbonyl (C=O) groups is 1. The van der Waals surface area contributed by atoms with E-state index in [1.807, 2.05) is 4.68 Å². The van der Waals surface area contributed by atoms with Gasteiger partial charge in [0.1, 0.15) is 5.82 Å². The molecule has 0 spiro atoms. The first-order chi connectivity index (χ1) is 12.2. The molecule has 1 aromatic rings. The highest BCUT2D eigenvalue weighted by Gasteiger charge is 2.34. The van der Waals surface area contributed by atoms with E-state index in [-0.39, 0.29) is 12.1 Å². The van der Waals surface area contributed by atoms with Crippen molar-refractivity contribution in [3.8, 4) is 0 Å². The van der Waals surface area contributed by atoms with Crippen molar-refractivity contribution in [1.29, 1.82) is 0 Å². The molecule has 0 aromatic carbocycles. The molecule has 0 unspecified atom stereocenters. The maximum Gasteiger partial charge on any atom is 0.318 e. The molecule has 2 amide bonds. The number of hydrogen-bond acceptors (Lipinski definition) is 3. The smallest absolute Gasteiger partial charge is 0.318 e. The van der Waals surface area contributed by atoms with Gasteiger partial charge in [0.25, 0.3) is 0 Å². The Morgan fingerprint density at radius 2 is 1.96 bits per heavy atom. The number of aryl methyl sites for hydroxylation is 2. The molecule has 6 heteroatoms. The number of amides is 2. The van der Waals surface area contributed by atoms with Crippen molar-refractivity contribution < 1.29 is 4.79 Å². The van der Waals surface area contributed by atoms with Gasteiger partial charge in [-0.2, -0.15) is 5.10 Å².